The zero-order valence-corrected chi connectivity index (χ0v) is 8.10. The van der Waals surface area contributed by atoms with Crippen LogP contribution in [0.15, 0.2) is 29.4 Å². The molecule has 0 aliphatic carbocycles. The number of aromatic amines is 1. The van der Waals surface area contributed by atoms with E-state index < -0.39 is 0 Å². The third-order valence-corrected chi connectivity index (χ3v) is 3.23. The summed E-state index contributed by atoms with van der Waals surface area (Å²) in [6.07, 6.45) is 6.25. The number of para-hydroxylation sites is 1. The van der Waals surface area contributed by atoms with Crippen molar-refractivity contribution in [2.75, 3.05) is 12.5 Å². The highest BCUT2D eigenvalue weighted by atomic mass is 32.2. The summed E-state index contributed by atoms with van der Waals surface area (Å²) >= 11 is 0. The summed E-state index contributed by atoms with van der Waals surface area (Å²) in [7, 11) is -0.0522. The van der Waals surface area contributed by atoms with E-state index in [-0.39, 0.29) is 10.9 Å². The van der Waals surface area contributed by atoms with Crippen molar-refractivity contribution in [1.29, 1.82) is 0 Å². The minimum atomic E-state index is -0.0522. The molecule has 2 rings (SSSR count). The molecular formula is C9H12N2S. The number of fused-ring (bicyclic) bond motifs is 1. The van der Waals surface area contributed by atoms with Crippen molar-refractivity contribution in [1.82, 2.24) is 9.97 Å². The number of hydrogen-bond donors (Lipinski definition) is 2. The third-order valence-electron chi connectivity index (χ3n) is 1.91. The van der Waals surface area contributed by atoms with Crippen molar-refractivity contribution in [3.63, 3.8) is 0 Å². The summed E-state index contributed by atoms with van der Waals surface area (Å²) < 4.78 is 0. The summed E-state index contributed by atoms with van der Waals surface area (Å²) in [5.74, 6) is 0. The van der Waals surface area contributed by atoms with E-state index >= 15 is 0 Å². The molecule has 0 unspecified atom stereocenters. The summed E-state index contributed by atoms with van der Waals surface area (Å²) in [6, 6.07) is 6.30. The maximum absolute atomic E-state index is 4.30. The van der Waals surface area contributed by atoms with Crippen molar-refractivity contribution in [3.8, 4) is 0 Å². The van der Waals surface area contributed by atoms with E-state index in [1.165, 1.54) is 4.90 Å². The largest absolute Gasteiger partial charge is 0.345 e. The van der Waals surface area contributed by atoms with Gasteiger partial charge in [-0.15, -0.1) is 0 Å². The van der Waals surface area contributed by atoms with Crippen molar-refractivity contribution in [2.45, 2.75) is 4.90 Å². The van der Waals surface area contributed by atoms with Crippen molar-refractivity contribution < 1.29 is 0 Å². The van der Waals surface area contributed by atoms with Crippen LogP contribution >= 0.6 is 10.9 Å². The molecule has 1 aromatic carbocycles. The summed E-state index contributed by atoms with van der Waals surface area (Å²) in [5.41, 5.74) is 2.28. The minimum Gasteiger partial charge on any atom is -0.345 e. The SMILES string of the molecule is C[SH](C)c1cccc2[nH]cnc12. The quantitative estimate of drug-likeness (QED) is 0.647. The van der Waals surface area contributed by atoms with Gasteiger partial charge >= 0.3 is 0 Å². The predicted molar refractivity (Wildman–Crippen MR) is 55.2 cm³/mol. The fraction of sp³-hybridized carbons (Fsp3) is 0.222. The molecule has 0 bridgehead atoms. The van der Waals surface area contributed by atoms with Gasteiger partial charge in [0.25, 0.3) is 0 Å². The van der Waals surface area contributed by atoms with Crippen molar-refractivity contribution >= 4 is 21.9 Å². The molecule has 1 aromatic heterocycles. The van der Waals surface area contributed by atoms with Gasteiger partial charge in [-0.2, -0.15) is 0 Å². The van der Waals surface area contributed by atoms with Gasteiger partial charge in [0, 0.05) is 4.90 Å². The molecule has 0 fully saturated rings. The zero-order chi connectivity index (χ0) is 8.55. The highest BCUT2D eigenvalue weighted by molar-refractivity contribution is 8.16. The normalized spacial score (nSPS) is 12.0. The lowest BCUT2D eigenvalue weighted by Gasteiger charge is -2.09. The lowest BCUT2D eigenvalue weighted by molar-refractivity contribution is 1.33. The first-order valence-corrected chi connectivity index (χ1v) is 6.12. The number of imidazole rings is 1. The Bertz CT molecular complexity index is 392. The maximum Gasteiger partial charge on any atom is 0.100 e. The fourth-order valence-electron chi connectivity index (χ4n) is 1.31. The van der Waals surface area contributed by atoms with Crippen LogP contribution in [0.1, 0.15) is 0 Å². The van der Waals surface area contributed by atoms with Crippen LogP contribution in [-0.4, -0.2) is 22.5 Å². The van der Waals surface area contributed by atoms with E-state index in [1.54, 1.807) is 6.33 Å². The van der Waals surface area contributed by atoms with Crippen LogP contribution in [-0.2, 0) is 0 Å². The first-order chi connectivity index (χ1) is 5.79. The van der Waals surface area contributed by atoms with E-state index in [4.69, 9.17) is 0 Å². The van der Waals surface area contributed by atoms with E-state index in [2.05, 4.69) is 40.7 Å². The van der Waals surface area contributed by atoms with E-state index in [0.29, 0.717) is 0 Å². The summed E-state index contributed by atoms with van der Waals surface area (Å²) in [6.45, 7) is 0. The second-order valence-corrected chi connectivity index (χ2v) is 5.24. The van der Waals surface area contributed by atoms with E-state index in [0.717, 1.165) is 11.0 Å². The topological polar surface area (TPSA) is 28.7 Å². The molecular weight excluding hydrogens is 168 g/mol. The molecule has 0 spiro atoms. The molecule has 0 saturated carbocycles. The second-order valence-electron chi connectivity index (χ2n) is 2.97. The van der Waals surface area contributed by atoms with Gasteiger partial charge < -0.3 is 4.98 Å². The Labute approximate surface area is 74.4 Å². The Morgan fingerprint density at radius 1 is 1.33 bits per heavy atom. The molecule has 2 nitrogen and oxygen atoms in total. The van der Waals surface area contributed by atoms with Crippen molar-refractivity contribution in [2.24, 2.45) is 0 Å². The standard InChI is InChI=1S/C9H12N2S/c1-12(2)8-5-3-4-7-9(8)11-6-10-7/h3-6,12H,1-2H3,(H,10,11). The molecule has 0 aliphatic heterocycles. The highest BCUT2D eigenvalue weighted by Crippen LogP contribution is 2.32. The van der Waals surface area contributed by atoms with Crippen LogP contribution in [0.25, 0.3) is 11.0 Å². The number of thiol groups is 1. The van der Waals surface area contributed by atoms with Crippen LogP contribution in [0.3, 0.4) is 0 Å². The van der Waals surface area contributed by atoms with Gasteiger partial charge in [0.05, 0.1) is 11.8 Å². The molecule has 1 heterocycles. The molecule has 0 saturated heterocycles. The zero-order valence-electron chi connectivity index (χ0n) is 7.20. The number of aromatic nitrogens is 2. The summed E-state index contributed by atoms with van der Waals surface area (Å²) in [4.78, 5) is 8.79. The Balaban J connectivity index is 2.73. The average Bonchev–Trinajstić information content (AvgIpc) is 2.49. The Hall–Kier alpha value is -0.960. The molecule has 3 heteroatoms. The molecule has 64 valence electrons. The van der Waals surface area contributed by atoms with Gasteiger partial charge in [0.2, 0.25) is 0 Å². The number of nitrogens with zero attached hydrogens (tertiary/aromatic N) is 1. The number of benzene rings is 1. The number of nitrogens with one attached hydrogen (secondary N) is 1. The highest BCUT2D eigenvalue weighted by Gasteiger charge is 2.03. The van der Waals surface area contributed by atoms with Crippen LogP contribution in [0.4, 0.5) is 0 Å². The van der Waals surface area contributed by atoms with Gasteiger partial charge in [0.1, 0.15) is 5.52 Å². The van der Waals surface area contributed by atoms with E-state index in [9.17, 15) is 0 Å². The fourth-order valence-corrected chi connectivity index (χ4v) is 2.30. The molecule has 0 aliphatic rings. The molecule has 0 amide bonds. The van der Waals surface area contributed by atoms with Crippen molar-refractivity contribution in [3.05, 3.63) is 24.5 Å². The molecule has 0 atom stereocenters. The van der Waals surface area contributed by atoms with Crippen LogP contribution in [0.2, 0.25) is 0 Å². The molecule has 12 heavy (non-hydrogen) atoms. The Morgan fingerprint density at radius 3 is 2.92 bits per heavy atom. The minimum absolute atomic E-state index is 0.0522. The average molecular weight is 180 g/mol. The number of hydrogen-bond acceptors (Lipinski definition) is 1. The van der Waals surface area contributed by atoms with Crippen LogP contribution in [0, 0.1) is 0 Å². The molecule has 1 N–H and O–H groups in total. The van der Waals surface area contributed by atoms with Gasteiger partial charge in [-0.05, 0) is 24.6 Å². The van der Waals surface area contributed by atoms with Gasteiger partial charge in [-0.25, -0.2) is 15.9 Å². The van der Waals surface area contributed by atoms with Crippen LogP contribution < -0.4 is 0 Å². The number of rotatable bonds is 1. The predicted octanol–water partition coefficient (Wildman–Crippen LogP) is 2.18. The van der Waals surface area contributed by atoms with Gasteiger partial charge in [-0.3, -0.25) is 0 Å². The van der Waals surface area contributed by atoms with Gasteiger partial charge in [-0.1, -0.05) is 6.07 Å². The van der Waals surface area contributed by atoms with Crippen LogP contribution in [0.5, 0.6) is 0 Å². The first kappa shape index (κ1) is 7.68. The monoisotopic (exact) mass is 180 g/mol. The first-order valence-electron chi connectivity index (χ1n) is 3.88. The summed E-state index contributed by atoms with van der Waals surface area (Å²) in [5, 5.41) is 0. The smallest absolute Gasteiger partial charge is 0.100 e. The Morgan fingerprint density at radius 2 is 2.17 bits per heavy atom. The van der Waals surface area contributed by atoms with E-state index in [1.807, 2.05) is 0 Å². The second kappa shape index (κ2) is 2.83. The molecule has 0 radical (unpaired) electrons. The third kappa shape index (κ3) is 1.10. The number of H-pyrrole nitrogens is 1. The lowest BCUT2D eigenvalue weighted by Crippen LogP contribution is -1.80. The van der Waals surface area contributed by atoms with Gasteiger partial charge in [0.15, 0.2) is 0 Å². The lowest BCUT2D eigenvalue weighted by atomic mass is 10.3. The molecule has 2 aromatic rings. The Kier molecular flexibility index (Phi) is 1.81. The maximum atomic E-state index is 4.30.